The third-order valence-corrected chi connectivity index (χ3v) is 7.02. The Bertz CT molecular complexity index is 1230. The van der Waals surface area contributed by atoms with Crippen LogP contribution < -0.4 is 14.8 Å². The summed E-state index contributed by atoms with van der Waals surface area (Å²) >= 11 is 0. The molecule has 0 aliphatic carbocycles. The van der Waals surface area contributed by atoms with Gasteiger partial charge in [-0.05, 0) is 60.8 Å². The van der Waals surface area contributed by atoms with Crippen LogP contribution in [0, 0.1) is 0 Å². The average Bonchev–Trinajstić information content (AvgIpc) is 3.05. The van der Waals surface area contributed by atoms with Crippen LogP contribution >= 0.6 is 0 Å². The normalized spacial score (nSPS) is 18.3. The number of aliphatic imine (C=N–C) groups is 1. The van der Waals surface area contributed by atoms with E-state index in [0.29, 0.717) is 17.2 Å². The smallest absolute Gasteiger partial charge is 0.238 e. The second kappa shape index (κ2) is 11.0. The molecule has 0 spiro atoms. The molecule has 2 heterocycles. The molecule has 5 rings (SSSR count). The highest BCUT2D eigenvalue weighted by molar-refractivity contribution is 6.24. The Balaban J connectivity index is 1.49. The van der Waals surface area contributed by atoms with Gasteiger partial charge in [0.15, 0.2) is 11.5 Å². The number of carbonyl (C=O) groups excluding carboxylic acids is 1. The van der Waals surface area contributed by atoms with Crippen molar-refractivity contribution < 1.29 is 14.3 Å². The summed E-state index contributed by atoms with van der Waals surface area (Å²) in [7, 11) is 3.19. The monoisotopic (exact) mass is 483 g/mol. The molecule has 1 amide bonds. The van der Waals surface area contributed by atoms with Gasteiger partial charge in [-0.25, -0.2) is 0 Å². The van der Waals surface area contributed by atoms with Gasteiger partial charge >= 0.3 is 0 Å². The fourth-order valence-electron chi connectivity index (χ4n) is 5.13. The molecule has 186 valence electrons. The fraction of sp³-hybridized carbons (Fsp3) is 0.333. The number of amides is 1. The van der Waals surface area contributed by atoms with Crippen molar-refractivity contribution in [2.75, 3.05) is 32.6 Å². The topological polar surface area (TPSA) is 63.2 Å². The largest absolute Gasteiger partial charge is 0.493 e. The molecule has 2 aliphatic rings. The number of hydrogen-bond donors (Lipinski definition) is 1. The van der Waals surface area contributed by atoms with E-state index < -0.39 is 5.92 Å². The maximum absolute atomic E-state index is 13.3. The van der Waals surface area contributed by atoms with Crippen LogP contribution in [0.25, 0.3) is 0 Å². The molecular formula is C30H33N3O3. The maximum Gasteiger partial charge on any atom is 0.238 e. The Morgan fingerprint density at radius 2 is 1.58 bits per heavy atom. The number of nitrogens with one attached hydrogen (secondary N) is 1. The zero-order valence-corrected chi connectivity index (χ0v) is 21.0. The summed E-state index contributed by atoms with van der Waals surface area (Å²) in [5.41, 5.74) is 5.29. The van der Waals surface area contributed by atoms with Gasteiger partial charge < -0.3 is 14.8 Å². The quantitative estimate of drug-likeness (QED) is 0.423. The Labute approximate surface area is 213 Å². The van der Waals surface area contributed by atoms with Crippen molar-refractivity contribution >= 4 is 23.0 Å². The maximum atomic E-state index is 13.3. The second-order valence-electron chi connectivity index (χ2n) is 9.44. The van der Waals surface area contributed by atoms with E-state index in [4.69, 9.17) is 14.5 Å². The Morgan fingerprint density at radius 1 is 0.917 bits per heavy atom. The van der Waals surface area contributed by atoms with Crippen molar-refractivity contribution in [2.24, 2.45) is 4.99 Å². The van der Waals surface area contributed by atoms with E-state index in [2.05, 4.69) is 34.5 Å². The SMILES string of the molecule is COc1cc2c(cc1OC)C(C(=Nc1ccc(CN3CCCCCC3)cc1)c1ccccc1)C(=O)N2. The lowest BCUT2D eigenvalue weighted by Crippen LogP contribution is -2.23. The second-order valence-corrected chi connectivity index (χ2v) is 9.44. The molecule has 0 aromatic heterocycles. The van der Waals surface area contributed by atoms with Gasteiger partial charge in [-0.2, -0.15) is 0 Å². The molecule has 3 aromatic carbocycles. The molecule has 6 nitrogen and oxygen atoms in total. The molecule has 1 fully saturated rings. The van der Waals surface area contributed by atoms with Gasteiger partial charge in [-0.3, -0.25) is 14.7 Å². The number of nitrogens with zero attached hydrogens (tertiary/aromatic N) is 2. The van der Waals surface area contributed by atoms with Crippen LogP contribution in [-0.4, -0.2) is 43.8 Å². The number of fused-ring (bicyclic) bond motifs is 1. The highest BCUT2D eigenvalue weighted by atomic mass is 16.5. The molecule has 1 N–H and O–H groups in total. The van der Waals surface area contributed by atoms with Crippen LogP contribution in [0.3, 0.4) is 0 Å². The minimum Gasteiger partial charge on any atom is -0.493 e. The van der Waals surface area contributed by atoms with Gasteiger partial charge in [0.05, 0.1) is 25.6 Å². The number of carbonyl (C=O) groups is 1. The lowest BCUT2D eigenvalue weighted by Gasteiger charge is -2.19. The summed E-state index contributed by atoms with van der Waals surface area (Å²) in [6.07, 6.45) is 5.24. The summed E-state index contributed by atoms with van der Waals surface area (Å²) < 4.78 is 11.0. The molecule has 0 bridgehead atoms. The van der Waals surface area contributed by atoms with Crippen LogP contribution in [0.2, 0.25) is 0 Å². The Hall–Kier alpha value is -3.64. The molecular weight excluding hydrogens is 450 g/mol. The third-order valence-electron chi connectivity index (χ3n) is 7.02. The number of likely N-dealkylation sites (tertiary alicyclic amines) is 1. The first-order chi connectivity index (χ1) is 17.7. The van der Waals surface area contributed by atoms with Gasteiger partial charge in [0.25, 0.3) is 0 Å². The van der Waals surface area contributed by atoms with E-state index in [9.17, 15) is 4.79 Å². The van der Waals surface area contributed by atoms with E-state index in [-0.39, 0.29) is 5.91 Å². The predicted octanol–water partition coefficient (Wildman–Crippen LogP) is 5.94. The first-order valence-corrected chi connectivity index (χ1v) is 12.7. The molecule has 2 aliphatic heterocycles. The van der Waals surface area contributed by atoms with Gasteiger partial charge in [-0.1, -0.05) is 55.3 Å². The van der Waals surface area contributed by atoms with E-state index in [1.54, 1.807) is 14.2 Å². The summed E-state index contributed by atoms with van der Waals surface area (Å²) in [5.74, 6) is 0.498. The van der Waals surface area contributed by atoms with E-state index in [0.717, 1.165) is 29.0 Å². The predicted molar refractivity (Wildman–Crippen MR) is 144 cm³/mol. The molecule has 6 heteroatoms. The minimum absolute atomic E-state index is 0.110. The minimum atomic E-state index is -0.556. The molecule has 1 unspecified atom stereocenters. The van der Waals surface area contributed by atoms with Crippen molar-refractivity contribution in [1.82, 2.24) is 4.90 Å². The molecule has 0 saturated carbocycles. The Kier molecular flexibility index (Phi) is 7.33. The van der Waals surface area contributed by atoms with Crippen molar-refractivity contribution in [3.63, 3.8) is 0 Å². The number of hydrogen-bond acceptors (Lipinski definition) is 5. The van der Waals surface area contributed by atoms with Crippen LogP contribution in [0.4, 0.5) is 11.4 Å². The zero-order chi connectivity index (χ0) is 24.9. The number of benzene rings is 3. The first kappa shape index (κ1) is 24.1. The summed E-state index contributed by atoms with van der Waals surface area (Å²) in [5, 5.41) is 3.01. The van der Waals surface area contributed by atoms with Crippen LogP contribution in [0.1, 0.15) is 48.3 Å². The van der Waals surface area contributed by atoms with Crippen LogP contribution in [-0.2, 0) is 11.3 Å². The molecule has 1 atom stereocenters. The van der Waals surface area contributed by atoms with Crippen molar-refractivity contribution in [3.8, 4) is 11.5 Å². The van der Waals surface area contributed by atoms with Crippen molar-refractivity contribution in [3.05, 3.63) is 83.4 Å². The third kappa shape index (κ3) is 5.14. The van der Waals surface area contributed by atoms with Gasteiger partial charge in [0, 0.05) is 18.3 Å². The van der Waals surface area contributed by atoms with Crippen LogP contribution in [0.5, 0.6) is 11.5 Å². The van der Waals surface area contributed by atoms with Crippen LogP contribution in [0.15, 0.2) is 71.7 Å². The highest BCUT2D eigenvalue weighted by Gasteiger charge is 2.36. The van der Waals surface area contributed by atoms with Crippen molar-refractivity contribution in [2.45, 2.75) is 38.1 Å². The summed E-state index contributed by atoms with van der Waals surface area (Å²) in [6, 6.07) is 22.0. The number of methoxy groups -OCH3 is 2. The number of rotatable bonds is 7. The Morgan fingerprint density at radius 3 is 2.25 bits per heavy atom. The van der Waals surface area contributed by atoms with Crippen molar-refractivity contribution in [1.29, 1.82) is 0 Å². The highest BCUT2D eigenvalue weighted by Crippen LogP contribution is 2.42. The molecule has 1 saturated heterocycles. The standard InChI is InChI=1S/C30H33N3O3/c1-35-26-18-24-25(19-27(26)36-2)32-30(34)28(24)29(22-10-6-5-7-11-22)31-23-14-12-21(13-15-23)20-33-16-8-3-4-9-17-33/h5-7,10-15,18-19,28H,3-4,8-9,16-17,20H2,1-2H3,(H,32,34). The summed E-state index contributed by atoms with van der Waals surface area (Å²) in [4.78, 5) is 20.8. The lowest BCUT2D eigenvalue weighted by atomic mass is 9.90. The van der Waals surface area contributed by atoms with E-state index in [1.807, 2.05) is 42.5 Å². The van der Waals surface area contributed by atoms with Gasteiger partial charge in [-0.15, -0.1) is 0 Å². The molecule has 0 radical (unpaired) electrons. The average molecular weight is 484 g/mol. The van der Waals surface area contributed by atoms with Gasteiger partial charge in [0.2, 0.25) is 5.91 Å². The van der Waals surface area contributed by atoms with Gasteiger partial charge in [0.1, 0.15) is 5.92 Å². The first-order valence-electron chi connectivity index (χ1n) is 12.7. The number of anilines is 1. The zero-order valence-electron chi connectivity index (χ0n) is 21.0. The molecule has 3 aromatic rings. The van der Waals surface area contributed by atoms with E-state index >= 15 is 0 Å². The van der Waals surface area contributed by atoms with E-state index in [1.165, 1.54) is 44.3 Å². The lowest BCUT2D eigenvalue weighted by molar-refractivity contribution is -0.115. The number of ether oxygens (including phenoxy) is 2. The molecule has 36 heavy (non-hydrogen) atoms. The fourth-order valence-corrected chi connectivity index (χ4v) is 5.13. The summed E-state index contributed by atoms with van der Waals surface area (Å²) in [6.45, 7) is 3.31.